The van der Waals surface area contributed by atoms with Gasteiger partial charge in [0.15, 0.2) is 0 Å². The number of fused-ring (bicyclic) bond motifs is 1. The van der Waals surface area contributed by atoms with Gasteiger partial charge in [0.2, 0.25) is 5.78 Å². The highest BCUT2D eigenvalue weighted by atomic mass is 16.6. The summed E-state index contributed by atoms with van der Waals surface area (Å²) in [6.07, 6.45) is 0. The monoisotopic (exact) mass is 360 g/mol. The van der Waals surface area contributed by atoms with Gasteiger partial charge in [-0.1, -0.05) is 18.2 Å². The highest BCUT2D eigenvalue weighted by Crippen LogP contribution is 2.39. The van der Waals surface area contributed by atoms with E-state index in [-0.39, 0.29) is 30.0 Å². The summed E-state index contributed by atoms with van der Waals surface area (Å²) >= 11 is 0. The summed E-state index contributed by atoms with van der Waals surface area (Å²) in [7, 11) is 0. The normalized spacial score (nSPS) is 17.0. The number of esters is 1. The van der Waals surface area contributed by atoms with Gasteiger partial charge in [-0.2, -0.15) is 0 Å². The van der Waals surface area contributed by atoms with Crippen molar-refractivity contribution in [3.8, 4) is 0 Å². The van der Waals surface area contributed by atoms with E-state index in [0.717, 1.165) is 0 Å². The number of carbonyl (C=O) groups excluding carboxylic acids is 2. The van der Waals surface area contributed by atoms with Gasteiger partial charge in [0.25, 0.3) is 5.85 Å². The van der Waals surface area contributed by atoms with Crippen LogP contribution in [0.1, 0.15) is 76.1 Å². The third-order valence-electron chi connectivity index (χ3n) is 4.85. The molecule has 1 aliphatic rings. The standard InChI is InChI=1S/C21H32N2O3/c1-13(2)22(14(3)4)21(23(15(5)6)16(7)8)19(24)17-11-9-10-12-18(17)20(25)26-21/h9-16H,1-8H3. The predicted octanol–water partition coefficient (Wildman–Crippen LogP) is 3.93. The molecule has 0 radical (unpaired) electrons. The first kappa shape index (κ1) is 20.6. The minimum Gasteiger partial charge on any atom is -0.418 e. The Morgan fingerprint density at radius 1 is 0.731 bits per heavy atom. The molecule has 1 heterocycles. The molecule has 144 valence electrons. The average molecular weight is 360 g/mol. The second-order valence-electron chi connectivity index (χ2n) is 8.06. The Balaban J connectivity index is 2.81. The number of rotatable bonds is 6. The minimum atomic E-state index is -1.45. The Morgan fingerprint density at radius 3 is 1.50 bits per heavy atom. The van der Waals surface area contributed by atoms with Crippen LogP contribution in [0.25, 0.3) is 0 Å². The summed E-state index contributed by atoms with van der Waals surface area (Å²) in [6.45, 7) is 16.2. The first-order valence-electron chi connectivity index (χ1n) is 9.49. The van der Waals surface area contributed by atoms with Crippen molar-refractivity contribution in [2.45, 2.75) is 85.4 Å². The number of ether oxygens (including phenoxy) is 1. The lowest BCUT2D eigenvalue weighted by molar-refractivity contribution is -0.221. The molecule has 1 aromatic carbocycles. The van der Waals surface area contributed by atoms with Gasteiger partial charge in [0, 0.05) is 29.7 Å². The molecule has 5 heteroatoms. The lowest BCUT2D eigenvalue weighted by Gasteiger charge is -2.55. The molecule has 0 bridgehead atoms. The van der Waals surface area contributed by atoms with Crippen LogP contribution in [0.3, 0.4) is 0 Å². The summed E-state index contributed by atoms with van der Waals surface area (Å²) in [5.41, 5.74) is 0.773. The predicted molar refractivity (Wildman–Crippen MR) is 103 cm³/mol. The molecule has 0 spiro atoms. The summed E-state index contributed by atoms with van der Waals surface area (Å²) < 4.78 is 6.05. The Kier molecular flexibility index (Phi) is 5.93. The number of hydrogen-bond donors (Lipinski definition) is 0. The van der Waals surface area contributed by atoms with E-state index in [4.69, 9.17) is 4.74 Å². The van der Waals surface area contributed by atoms with E-state index in [1.165, 1.54) is 0 Å². The van der Waals surface area contributed by atoms with Crippen molar-refractivity contribution < 1.29 is 14.3 Å². The van der Waals surface area contributed by atoms with Gasteiger partial charge in [-0.05, 0) is 61.5 Å². The quantitative estimate of drug-likeness (QED) is 0.568. The van der Waals surface area contributed by atoms with Crippen molar-refractivity contribution in [3.05, 3.63) is 35.4 Å². The highest BCUT2D eigenvalue weighted by molar-refractivity contribution is 6.14. The third-order valence-corrected chi connectivity index (χ3v) is 4.85. The van der Waals surface area contributed by atoms with Crippen LogP contribution >= 0.6 is 0 Å². The number of carbonyl (C=O) groups is 2. The molecular weight excluding hydrogens is 328 g/mol. The molecule has 0 fully saturated rings. The van der Waals surface area contributed by atoms with Gasteiger partial charge < -0.3 is 4.74 Å². The Labute approximate surface area is 157 Å². The maximum absolute atomic E-state index is 13.8. The zero-order chi connectivity index (χ0) is 19.8. The molecule has 0 saturated carbocycles. The van der Waals surface area contributed by atoms with Crippen LogP contribution in [0.2, 0.25) is 0 Å². The van der Waals surface area contributed by atoms with Gasteiger partial charge in [-0.15, -0.1) is 0 Å². The second kappa shape index (κ2) is 7.49. The first-order valence-corrected chi connectivity index (χ1v) is 9.49. The number of nitrogens with zero attached hydrogens (tertiary/aromatic N) is 2. The fourth-order valence-corrected chi connectivity index (χ4v) is 4.33. The van der Waals surface area contributed by atoms with E-state index in [1.807, 2.05) is 65.2 Å². The van der Waals surface area contributed by atoms with E-state index in [1.54, 1.807) is 24.3 Å². The smallest absolute Gasteiger partial charge is 0.342 e. The molecule has 1 aliphatic heterocycles. The van der Waals surface area contributed by atoms with Crippen molar-refractivity contribution in [3.63, 3.8) is 0 Å². The average Bonchev–Trinajstić information content (AvgIpc) is 2.51. The Hall–Kier alpha value is -1.72. The third kappa shape index (κ3) is 3.19. The Morgan fingerprint density at radius 2 is 1.12 bits per heavy atom. The number of hydrogen-bond acceptors (Lipinski definition) is 5. The zero-order valence-corrected chi connectivity index (χ0v) is 17.2. The molecule has 26 heavy (non-hydrogen) atoms. The molecule has 0 aromatic heterocycles. The summed E-state index contributed by atoms with van der Waals surface area (Å²) in [6, 6.07) is 6.98. The molecule has 2 rings (SSSR count). The van der Waals surface area contributed by atoms with E-state index in [9.17, 15) is 9.59 Å². The topological polar surface area (TPSA) is 49.9 Å². The van der Waals surface area contributed by atoms with Gasteiger partial charge in [-0.25, -0.2) is 14.6 Å². The molecular formula is C21H32N2O3. The van der Waals surface area contributed by atoms with Crippen LogP contribution in [-0.4, -0.2) is 51.6 Å². The minimum absolute atomic E-state index is 0.0111. The van der Waals surface area contributed by atoms with Crippen molar-refractivity contribution in [1.29, 1.82) is 0 Å². The molecule has 0 N–H and O–H groups in total. The zero-order valence-electron chi connectivity index (χ0n) is 17.2. The molecule has 0 saturated heterocycles. The first-order chi connectivity index (χ1) is 12.1. The van der Waals surface area contributed by atoms with Crippen LogP contribution in [0.4, 0.5) is 0 Å². The van der Waals surface area contributed by atoms with Crippen LogP contribution < -0.4 is 0 Å². The lowest BCUT2D eigenvalue weighted by Crippen LogP contribution is -2.74. The molecule has 0 atom stereocenters. The van der Waals surface area contributed by atoms with Crippen molar-refractivity contribution in [2.24, 2.45) is 0 Å². The van der Waals surface area contributed by atoms with Crippen molar-refractivity contribution in [1.82, 2.24) is 9.80 Å². The highest BCUT2D eigenvalue weighted by Gasteiger charge is 2.59. The number of benzene rings is 1. The molecule has 0 amide bonds. The van der Waals surface area contributed by atoms with E-state index in [0.29, 0.717) is 11.1 Å². The second-order valence-corrected chi connectivity index (χ2v) is 8.06. The van der Waals surface area contributed by atoms with E-state index >= 15 is 0 Å². The van der Waals surface area contributed by atoms with Gasteiger partial charge in [-0.3, -0.25) is 4.79 Å². The fourth-order valence-electron chi connectivity index (χ4n) is 4.33. The van der Waals surface area contributed by atoms with Crippen LogP contribution in [-0.2, 0) is 4.74 Å². The molecule has 5 nitrogen and oxygen atoms in total. The molecule has 0 aliphatic carbocycles. The maximum atomic E-state index is 13.8. The van der Waals surface area contributed by atoms with E-state index < -0.39 is 11.8 Å². The van der Waals surface area contributed by atoms with Crippen LogP contribution in [0, 0.1) is 0 Å². The summed E-state index contributed by atoms with van der Waals surface area (Å²) in [5, 5.41) is 0. The van der Waals surface area contributed by atoms with Crippen molar-refractivity contribution >= 4 is 11.8 Å². The number of Topliss-reactive ketones (excluding diaryl/α,β-unsaturated/α-hetero) is 1. The van der Waals surface area contributed by atoms with Gasteiger partial charge in [0.1, 0.15) is 0 Å². The molecule has 1 aromatic rings. The summed E-state index contributed by atoms with van der Waals surface area (Å²) in [5.74, 6) is -2.06. The molecule has 0 unspecified atom stereocenters. The van der Waals surface area contributed by atoms with Crippen LogP contribution in [0.5, 0.6) is 0 Å². The lowest BCUT2D eigenvalue weighted by atomic mass is 9.92. The number of ketones is 1. The summed E-state index contributed by atoms with van der Waals surface area (Å²) in [4.78, 5) is 30.8. The van der Waals surface area contributed by atoms with Gasteiger partial charge in [0.05, 0.1) is 5.56 Å². The number of cyclic esters (lactones) is 1. The fraction of sp³-hybridized carbons (Fsp3) is 0.619. The van der Waals surface area contributed by atoms with Gasteiger partial charge >= 0.3 is 5.97 Å². The SMILES string of the molecule is CC(C)N(C(C)C)C1(N(C(C)C)C(C)C)OC(=O)c2ccccc2C1=O. The van der Waals surface area contributed by atoms with Crippen LogP contribution in [0.15, 0.2) is 24.3 Å². The largest absolute Gasteiger partial charge is 0.418 e. The Bertz CT molecular complexity index is 644. The van der Waals surface area contributed by atoms with E-state index in [2.05, 4.69) is 0 Å². The van der Waals surface area contributed by atoms with Crippen molar-refractivity contribution in [2.75, 3.05) is 0 Å². The maximum Gasteiger partial charge on any atom is 0.342 e.